The summed E-state index contributed by atoms with van der Waals surface area (Å²) in [4.78, 5) is 49.7. The van der Waals surface area contributed by atoms with Gasteiger partial charge in [-0.15, -0.1) is 0 Å². The van der Waals surface area contributed by atoms with Crippen LogP contribution < -0.4 is 0 Å². The lowest BCUT2D eigenvalue weighted by Crippen LogP contribution is -2.61. The first kappa shape index (κ1) is 26.0. The summed E-state index contributed by atoms with van der Waals surface area (Å²) < 4.78 is 5.30. The van der Waals surface area contributed by atoms with Crippen LogP contribution in [-0.2, 0) is 23.9 Å². The third-order valence-electron chi connectivity index (χ3n) is 10.5. The minimum absolute atomic E-state index is 0.00479. The SMILES string of the molecule is C[C@]12C=CC(=O)C=C1CC[C@@H]1[C@@H]2C(O)C[C@@]2(C)[C@H]1CC[C@]2(O)C(=O)COC(=O)C1CC=CCC1C(=O)O. The summed E-state index contributed by atoms with van der Waals surface area (Å²) in [5, 5.41) is 32.7. The summed E-state index contributed by atoms with van der Waals surface area (Å²) >= 11 is 0. The van der Waals surface area contributed by atoms with Gasteiger partial charge in [-0.1, -0.05) is 37.6 Å². The van der Waals surface area contributed by atoms with E-state index in [4.69, 9.17) is 4.74 Å². The predicted molar refractivity (Wildman–Crippen MR) is 132 cm³/mol. The molecule has 0 aromatic heterocycles. The Bertz CT molecular complexity index is 1120. The fourth-order valence-electron chi connectivity index (χ4n) is 8.50. The number of ether oxygens (including phenoxy) is 1. The highest BCUT2D eigenvalue weighted by molar-refractivity contribution is 6.01. The average molecular weight is 513 g/mol. The molecule has 5 aliphatic carbocycles. The Morgan fingerprint density at radius 3 is 2.51 bits per heavy atom. The van der Waals surface area contributed by atoms with Crippen LogP contribution in [0.1, 0.15) is 58.8 Å². The lowest BCUT2D eigenvalue weighted by atomic mass is 9.46. The van der Waals surface area contributed by atoms with Crippen molar-refractivity contribution in [3.05, 3.63) is 36.0 Å². The predicted octanol–water partition coefficient (Wildman–Crippen LogP) is 2.78. The van der Waals surface area contributed by atoms with Crippen molar-refractivity contribution >= 4 is 23.5 Å². The fraction of sp³-hybridized carbons (Fsp3) is 0.655. The van der Waals surface area contributed by atoms with Crippen molar-refractivity contribution in [1.82, 2.24) is 0 Å². The molecule has 3 N–H and O–H groups in total. The molecule has 0 aromatic rings. The Kier molecular flexibility index (Phi) is 6.35. The van der Waals surface area contributed by atoms with Crippen molar-refractivity contribution in [2.75, 3.05) is 6.61 Å². The van der Waals surface area contributed by atoms with Crippen molar-refractivity contribution in [3.63, 3.8) is 0 Å². The third kappa shape index (κ3) is 3.86. The van der Waals surface area contributed by atoms with Crippen molar-refractivity contribution in [2.45, 2.75) is 70.5 Å². The quantitative estimate of drug-likeness (QED) is 0.378. The van der Waals surface area contributed by atoms with Crippen LogP contribution in [0.15, 0.2) is 36.0 Å². The van der Waals surface area contributed by atoms with Crippen molar-refractivity contribution < 1.29 is 39.2 Å². The van der Waals surface area contributed by atoms with Crippen LogP contribution in [0, 0.1) is 40.4 Å². The van der Waals surface area contributed by atoms with Gasteiger partial charge in [0.1, 0.15) is 5.60 Å². The zero-order chi connectivity index (χ0) is 26.8. The second-order valence-electron chi connectivity index (χ2n) is 12.1. The van der Waals surface area contributed by atoms with Crippen LogP contribution >= 0.6 is 0 Å². The summed E-state index contributed by atoms with van der Waals surface area (Å²) in [5.41, 5.74) is -2.04. The first-order valence-corrected chi connectivity index (χ1v) is 13.3. The van der Waals surface area contributed by atoms with E-state index in [2.05, 4.69) is 6.92 Å². The van der Waals surface area contributed by atoms with Gasteiger partial charge >= 0.3 is 11.9 Å². The molecule has 9 atom stereocenters. The summed E-state index contributed by atoms with van der Waals surface area (Å²) in [5.74, 6) is -4.26. The number of ketones is 2. The Morgan fingerprint density at radius 1 is 1.11 bits per heavy atom. The number of carbonyl (C=O) groups excluding carboxylic acids is 3. The van der Waals surface area contributed by atoms with Crippen LogP contribution in [0.4, 0.5) is 0 Å². The first-order chi connectivity index (χ1) is 17.4. The molecule has 3 saturated carbocycles. The maximum Gasteiger partial charge on any atom is 0.310 e. The Labute approximate surface area is 216 Å². The van der Waals surface area contributed by atoms with Gasteiger partial charge in [-0.2, -0.15) is 0 Å². The zero-order valence-corrected chi connectivity index (χ0v) is 21.4. The van der Waals surface area contributed by atoms with Gasteiger partial charge in [0.15, 0.2) is 12.4 Å². The van der Waals surface area contributed by atoms with Gasteiger partial charge in [-0.05, 0) is 68.9 Å². The highest BCUT2D eigenvalue weighted by Gasteiger charge is 2.68. The van der Waals surface area contributed by atoms with Crippen LogP contribution in [0.25, 0.3) is 0 Å². The van der Waals surface area contributed by atoms with Gasteiger partial charge in [0, 0.05) is 16.7 Å². The van der Waals surface area contributed by atoms with Crippen molar-refractivity contribution in [3.8, 4) is 0 Å². The van der Waals surface area contributed by atoms with Gasteiger partial charge in [0.25, 0.3) is 0 Å². The summed E-state index contributed by atoms with van der Waals surface area (Å²) in [6, 6.07) is 0. The van der Waals surface area contributed by atoms with Crippen LogP contribution in [0.3, 0.4) is 0 Å². The van der Waals surface area contributed by atoms with Gasteiger partial charge in [0.2, 0.25) is 5.78 Å². The number of rotatable bonds is 5. The number of Topliss-reactive ketones (excluding diaryl/α,β-unsaturated/α-hetero) is 1. The Hall–Kier alpha value is -2.58. The molecular weight excluding hydrogens is 476 g/mol. The molecule has 0 heterocycles. The summed E-state index contributed by atoms with van der Waals surface area (Å²) in [6.45, 7) is 3.31. The van der Waals surface area contributed by atoms with Crippen molar-refractivity contribution in [2.24, 2.45) is 40.4 Å². The Morgan fingerprint density at radius 2 is 1.81 bits per heavy atom. The molecule has 0 amide bonds. The van der Waals surface area contributed by atoms with Gasteiger partial charge in [-0.25, -0.2) is 0 Å². The van der Waals surface area contributed by atoms with Crippen LogP contribution in [0.5, 0.6) is 0 Å². The van der Waals surface area contributed by atoms with Crippen LogP contribution in [-0.4, -0.2) is 57.1 Å². The summed E-state index contributed by atoms with van der Waals surface area (Å²) in [6.07, 6.45) is 10.9. The standard InChI is InChI=1S/C29H36O8/c1-27-11-9-17(30)13-16(27)7-8-20-21-10-12-29(36,28(21,2)14-22(31)24(20)27)23(32)15-37-26(35)19-6-4-3-5-18(19)25(33)34/h3-4,9,11,13,18-22,24,31,36H,5-8,10,12,14-15H2,1-2H3,(H,33,34)/t18?,19?,20-,21-,22?,24+,27-,28-,29-/m0/s1. The maximum absolute atomic E-state index is 13.4. The van der Waals surface area contributed by atoms with Gasteiger partial charge < -0.3 is 20.1 Å². The van der Waals surface area contributed by atoms with Gasteiger partial charge in [0.05, 0.1) is 17.9 Å². The lowest BCUT2D eigenvalue weighted by Gasteiger charge is -2.59. The molecule has 5 aliphatic rings. The molecule has 8 heteroatoms. The molecule has 5 rings (SSSR count). The number of esters is 1. The number of aliphatic carboxylic acids is 1. The van der Waals surface area contributed by atoms with E-state index in [1.807, 2.05) is 13.0 Å². The van der Waals surface area contributed by atoms with E-state index in [0.29, 0.717) is 6.42 Å². The minimum atomic E-state index is -1.75. The zero-order valence-electron chi connectivity index (χ0n) is 21.4. The van der Waals surface area contributed by atoms with E-state index < -0.39 is 58.7 Å². The number of allylic oxidation sites excluding steroid dienone is 6. The van der Waals surface area contributed by atoms with E-state index >= 15 is 0 Å². The number of hydrogen-bond acceptors (Lipinski definition) is 7. The van der Waals surface area contributed by atoms with E-state index in [1.54, 1.807) is 24.3 Å². The van der Waals surface area contributed by atoms with E-state index in [0.717, 1.165) is 18.4 Å². The molecular formula is C29H36O8. The molecule has 200 valence electrons. The minimum Gasteiger partial charge on any atom is -0.481 e. The number of fused-ring (bicyclic) bond motifs is 5. The topological polar surface area (TPSA) is 138 Å². The smallest absolute Gasteiger partial charge is 0.310 e. The molecule has 37 heavy (non-hydrogen) atoms. The molecule has 0 spiro atoms. The molecule has 0 bridgehead atoms. The van der Waals surface area contributed by atoms with Gasteiger partial charge in [-0.3, -0.25) is 19.2 Å². The summed E-state index contributed by atoms with van der Waals surface area (Å²) in [7, 11) is 0. The number of carboxylic acids is 1. The number of hydrogen-bond donors (Lipinski definition) is 3. The van der Waals surface area contributed by atoms with E-state index in [-0.39, 0.29) is 49.2 Å². The normalized spacial score (nSPS) is 44.3. The molecule has 0 aromatic carbocycles. The van der Waals surface area contributed by atoms with E-state index in [9.17, 15) is 34.5 Å². The third-order valence-corrected chi connectivity index (χ3v) is 10.5. The highest BCUT2D eigenvalue weighted by atomic mass is 16.5. The van der Waals surface area contributed by atoms with E-state index in [1.165, 1.54) is 0 Å². The second kappa shape index (κ2) is 9.02. The number of aliphatic hydroxyl groups is 2. The number of aliphatic hydroxyl groups excluding tert-OH is 1. The fourth-order valence-corrected chi connectivity index (χ4v) is 8.50. The molecule has 0 radical (unpaired) electrons. The molecule has 0 saturated heterocycles. The van der Waals surface area contributed by atoms with Crippen molar-refractivity contribution in [1.29, 1.82) is 0 Å². The average Bonchev–Trinajstić information content (AvgIpc) is 3.13. The van der Waals surface area contributed by atoms with Crippen LogP contribution in [0.2, 0.25) is 0 Å². The number of carbonyl (C=O) groups is 4. The number of carboxylic acid groups (broad SMARTS) is 1. The molecule has 3 fully saturated rings. The molecule has 8 nitrogen and oxygen atoms in total. The molecule has 3 unspecified atom stereocenters. The Balaban J connectivity index is 1.33. The largest absolute Gasteiger partial charge is 0.481 e. The first-order valence-electron chi connectivity index (χ1n) is 13.3. The lowest BCUT2D eigenvalue weighted by molar-refractivity contribution is -0.182. The monoisotopic (exact) mass is 512 g/mol. The molecule has 0 aliphatic heterocycles. The highest BCUT2D eigenvalue weighted by Crippen LogP contribution is 2.67. The second-order valence-corrected chi connectivity index (χ2v) is 12.1. The maximum atomic E-state index is 13.4.